The van der Waals surface area contributed by atoms with Crippen LogP contribution < -0.4 is 5.32 Å². The van der Waals surface area contributed by atoms with Gasteiger partial charge in [-0.15, -0.1) is 12.4 Å². The van der Waals surface area contributed by atoms with Gasteiger partial charge in [-0.05, 0) is 49.4 Å². The Morgan fingerprint density at radius 1 is 1.32 bits per heavy atom. The third-order valence-corrected chi connectivity index (χ3v) is 6.25. The molecule has 2 fully saturated rings. The molecule has 0 aliphatic carbocycles. The van der Waals surface area contributed by atoms with E-state index in [-0.39, 0.29) is 36.7 Å². The van der Waals surface area contributed by atoms with Crippen LogP contribution in [0, 0.1) is 31.5 Å². The molecule has 0 spiro atoms. The summed E-state index contributed by atoms with van der Waals surface area (Å²) in [5, 5.41) is 8.00. The molecule has 0 saturated carbocycles. The average Bonchev–Trinajstić information content (AvgIpc) is 3.28. The van der Waals surface area contributed by atoms with Crippen molar-refractivity contribution in [1.82, 2.24) is 20.0 Å². The van der Waals surface area contributed by atoms with E-state index in [1.165, 1.54) is 11.6 Å². The number of likely N-dealkylation sites (tertiary alicyclic amines) is 1. The molecule has 0 bridgehead atoms. The molecular weight excluding hydrogens is 379 g/mol. The summed E-state index contributed by atoms with van der Waals surface area (Å²) >= 11 is 0. The van der Waals surface area contributed by atoms with Gasteiger partial charge in [0.25, 0.3) is 0 Å². The summed E-state index contributed by atoms with van der Waals surface area (Å²) in [6, 6.07) is 6.63. The van der Waals surface area contributed by atoms with E-state index in [1.807, 2.05) is 29.5 Å². The smallest absolute Gasteiger partial charge is 0.244 e. The third kappa shape index (κ3) is 3.55. The molecule has 1 aromatic heterocycles. The minimum absolute atomic E-state index is 0. The Balaban J connectivity index is 0.00000225. The summed E-state index contributed by atoms with van der Waals surface area (Å²) in [5.74, 6) is 0.573. The van der Waals surface area contributed by atoms with E-state index < -0.39 is 0 Å². The number of benzene rings is 1. The molecule has 3 heterocycles. The fraction of sp³-hybridized carbons (Fsp3) is 0.524. The van der Waals surface area contributed by atoms with Crippen molar-refractivity contribution < 1.29 is 9.18 Å². The van der Waals surface area contributed by atoms with Crippen molar-refractivity contribution in [2.75, 3.05) is 19.6 Å². The first kappa shape index (κ1) is 20.8. The van der Waals surface area contributed by atoms with Crippen LogP contribution in [0.5, 0.6) is 0 Å². The van der Waals surface area contributed by atoms with E-state index in [2.05, 4.69) is 17.3 Å². The van der Waals surface area contributed by atoms with Gasteiger partial charge in [0.15, 0.2) is 0 Å². The van der Waals surface area contributed by atoms with Crippen molar-refractivity contribution in [3.8, 4) is 0 Å². The van der Waals surface area contributed by atoms with E-state index in [4.69, 9.17) is 0 Å². The van der Waals surface area contributed by atoms with Gasteiger partial charge in [0, 0.05) is 31.2 Å². The molecule has 1 aromatic carbocycles. The number of hydrogen-bond donors (Lipinski definition) is 1. The lowest BCUT2D eigenvalue weighted by molar-refractivity contribution is -0.133. The number of amides is 1. The maximum absolute atomic E-state index is 13.8. The van der Waals surface area contributed by atoms with Crippen LogP contribution in [0.15, 0.2) is 24.3 Å². The summed E-state index contributed by atoms with van der Waals surface area (Å²) < 4.78 is 15.7. The van der Waals surface area contributed by atoms with E-state index in [9.17, 15) is 9.18 Å². The van der Waals surface area contributed by atoms with Gasteiger partial charge in [0.05, 0.1) is 11.7 Å². The number of fused-ring (bicyclic) bond motifs is 1. The number of aryl methyl sites for hydroxylation is 1. The first-order valence-electron chi connectivity index (χ1n) is 9.78. The van der Waals surface area contributed by atoms with Crippen LogP contribution in [0.3, 0.4) is 0 Å². The Morgan fingerprint density at radius 2 is 2.11 bits per heavy atom. The monoisotopic (exact) mass is 406 g/mol. The molecule has 5 nitrogen and oxygen atoms in total. The first-order chi connectivity index (χ1) is 13.0. The van der Waals surface area contributed by atoms with Gasteiger partial charge in [-0.1, -0.05) is 19.1 Å². The van der Waals surface area contributed by atoms with Crippen molar-refractivity contribution in [1.29, 1.82) is 0 Å². The second kappa shape index (κ2) is 8.21. The zero-order valence-corrected chi connectivity index (χ0v) is 17.4. The summed E-state index contributed by atoms with van der Waals surface area (Å²) in [6.45, 7) is 8.88. The Bertz CT molecular complexity index is 868. The summed E-state index contributed by atoms with van der Waals surface area (Å²) in [7, 11) is 0. The first-order valence-corrected chi connectivity index (χ1v) is 9.78. The molecule has 0 radical (unpaired) electrons. The molecule has 28 heavy (non-hydrogen) atoms. The van der Waals surface area contributed by atoms with Crippen LogP contribution in [0.1, 0.15) is 35.5 Å². The highest BCUT2D eigenvalue weighted by atomic mass is 35.5. The highest BCUT2D eigenvalue weighted by molar-refractivity contribution is 5.85. The minimum Gasteiger partial charge on any atom is -0.333 e. The molecule has 2 saturated heterocycles. The van der Waals surface area contributed by atoms with Crippen LogP contribution in [-0.4, -0.2) is 40.2 Å². The van der Waals surface area contributed by atoms with E-state index in [0.29, 0.717) is 11.8 Å². The van der Waals surface area contributed by atoms with Gasteiger partial charge < -0.3 is 10.2 Å². The summed E-state index contributed by atoms with van der Waals surface area (Å²) in [5.41, 5.74) is 4.16. The van der Waals surface area contributed by atoms with Crippen molar-refractivity contribution >= 4 is 18.3 Å². The average molecular weight is 407 g/mol. The largest absolute Gasteiger partial charge is 0.333 e. The molecule has 0 unspecified atom stereocenters. The van der Waals surface area contributed by atoms with Gasteiger partial charge in [0.2, 0.25) is 5.91 Å². The fourth-order valence-corrected chi connectivity index (χ4v) is 4.91. The maximum atomic E-state index is 13.8. The number of aromatic nitrogens is 2. The second-order valence-electron chi connectivity index (χ2n) is 7.79. The van der Waals surface area contributed by atoms with Crippen LogP contribution in [0.25, 0.3) is 0 Å². The summed E-state index contributed by atoms with van der Waals surface area (Å²) in [4.78, 5) is 15.2. The lowest BCUT2D eigenvalue weighted by Gasteiger charge is -2.28. The fourth-order valence-electron chi connectivity index (χ4n) is 4.91. The van der Waals surface area contributed by atoms with Gasteiger partial charge in [-0.3, -0.25) is 9.48 Å². The van der Waals surface area contributed by atoms with Gasteiger partial charge in [-0.2, -0.15) is 5.10 Å². The molecule has 1 amide bonds. The molecule has 1 N–H and O–H groups in total. The van der Waals surface area contributed by atoms with Gasteiger partial charge in [0.1, 0.15) is 12.4 Å². The number of nitrogens with one attached hydrogen (secondary N) is 1. The number of hydrogen-bond acceptors (Lipinski definition) is 3. The molecule has 152 valence electrons. The number of carbonyl (C=O) groups is 1. The minimum atomic E-state index is -0.250. The molecule has 2 aromatic rings. The molecule has 2 aliphatic heterocycles. The van der Waals surface area contributed by atoms with Gasteiger partial charge in [-0.25, -0.2) is 4.39 Å². The second-order valence-corrected chi connectivity index (χ2v) is 7.79. The Kier molecular flexibility index (Phi) is 6.10. The van der Waals surface area contributed by atoms with Crippen LogP contribution >= 0.6 is 12.4 Å². The van der Waals surface area contributed by atoms with Crippen molar-refractivity contribution in [2.45, 2.75) is 39.8 Å². The SMILES string of the molecule is CCc1c(C)nn(CC(=O)N2C[C@@H]3CNC[C@@H]3[C@@H]2c2cccc(F)c2)c1C.Cl. The van der Waals surface area contributed by atoms with Crippen LogP contribution in [0.2, 0.25) is 0 Å². The zero-order chi connectivity index (χ0) is 19.1. The summed E-state index contributed by atoms with van der Waals surface area (Å²) in [6.07, 6.45) is 0.914. The Morgan fingerprint density at radius 3 is 2.79 bits per heavy atom. The third-order valence-electron chi connectivity index (χ3n) is 6.25. The lowest BCUT2D eigenvalue weighted by Crippen LogP contribution is -2.37. The molecule has 3 atom stereocenters. The highest BCUT2D eigenvalue weighted by Gasteiger charge is 2.46. The molecule has 4 rings (SSSR count). The molecule has 2 aliphatic rings. The predicted octanol–water partition coefficient (Wildman–Crippen LogP) is 3.04. The number of nitrogens with zero attached hydrogens (tertiary/aromatic N) is 3. The lowest BCUT2D eigenvalue weighted by atomic mass is 9.89. The van der Waals surface area contributed by atoms with E-state index >= 15 is 0 Å². The van der Waals surface area contributed by atoms with Crippen LogP contribution in [-0.2, 0) is 17.8 Å². The Labute approximate surface area is 171 Å². The van der Waals surface area contributed by atoms with Gasteiger partial charge >= 0.3 is 0 Å². The van der Waals surface area contributed by atoms with Crippen molar-refractivity contribution in [2.24, 2.45) is 11.8 Å². The number of halogens is 2. The number of carbonyl (C=O) groups excluding carboxylic acids is 1. The van der Waals surface area contributed by atoms with Crippen molar-refractivity contribution in [3.05, 3.63) is 52.6 Å². The van der Waals surface area contributed by atoms with Crippen molar-refractivity contribution in [3.63, 3.8) is 0 Å². The quantitative estimate of drug-likeness (QED) is 0.849. The predicted molar refractivity (Wildman–Crippen MR) is 109 cm³/mol. The van der Waals surface area contributed by atoms with E-state index in [0.717, 1.165) is 43.0 Å². The Hall–Kier alpha value is -1.92. The molecular formula is C21H28ClFN4O. The van der Waals surface area contributed by atoms with E-state index in [1.54, 1.807) is 12.1 Å². The normalized spacial score (nSPS) is 23.6. The highest BCUT2D eigenvalue weighted by Crippen LogP contribution is 2.42. The van der Waals surface area contributed by atoms with Crippen LogP contribution in [0.4, 0.5) is 4.39 Å². The standard InChI is InChI=1S/C21H27FN4O.ClH/c1-4-18-13(2)24-26(14(18)3)12-20(27)25-11-16-9-23-10-19(16)21(25)15-6-5-7-17(22)8-15;/h5-8,16,19,21,23H,4,9-12H2,1-3H3;1H/t16-,19-,21-;/m0./s1. The number of rotatable bonds is 4. The molecule has 7 heteroatoms. The topological polar surface area (TPSA) is 50.2 Å². The zero-order valence-electron chi connectivity index (χ0n) is 16.6. The maximum Gasteiger partial charge on any atom is 0.244 e.